The molecular weight excluding hydrogens is 264 g/mol. The summed E-state index contributed by atoms with van der Waals surface area (Å²) in [5, 5.41) is -0.290. The fourth-order valence-electron chi connectivity index (χ4n) is 1.70. The van der Waals surface area contributed by atoms with Crippen LogP contribution in [0.4, 0.5) is 0 Å². The smallest absolute Gasteiger partial charge is 0.306 e. The topological polar surface area (TPSA) is 43.4 Å². The molecule has 0 fully saturated rings. The number of hydrogen-bond acceptors (Lipinski definition) is 3. The van der Waals surface area contributed by atoms with E-state index >= 15 is 0 Å². The Balaban J connectivity index is 2.01. The quantitative estimate of drug-likeness (QED) is 0.393. The van der Waals surface area contributed by atoms with Gasteiger partial charge in [0.05, 0.1) is 0 Å². The molecule has 0 radical (unpaired) electrons. The zero-order chi connectivity index (χ0) is 13.9. The summed E-state index contributed by atoms with van der Waals surface area (Å²) in [6, 6.07) is 9.62. The molecule has 0 aliphatic carbocycles. The first kappa shape index (κ1) is 15.7. The minimum Gasteiger partial charge on any atom is -0.461 e. The van der Waals surface area contributed by atoms with Gasteiger partial charge in [-0.15, -0.1) is 0 Å². The molecule has 3 nitrogen and oxygen atoms in total. The predicted molar refractivity (Wildman–Crippen MR) is 74.8 cm³/mol. The Morgan fingerprint density at radius 2 is 1.58 bits per heavy atom. The highest BCUT2D eigenvalue weighted by Crippen LogP contribution is 2.08. The van der Waals surface area contributed by atoms with Crippen molar-refractivity contribution in [3.05, 3.63) is 35.9 Å². The van der Waals surface area contributed by atoms with E-state index in [1.807, 2.05) is 30.3 Å². The molecule has 0 bridgehead atoms. The first-order chi connectivity index (χ1) is 9.18. The molecule has 0 spiro atoms. The van der Waals surface area contributed by atoms with E-state index in [2.05, 4.69) is 0 Å². The van der Waals surface area contributed by atoms with Crippen LogP contribution in [0.3, 0.4) is 0 Å². The van der Waals surface area contributed by atoms with Gasteiger partial charge in [-0.2, -0.15) is 0 Å². The van der Waals surface area contributed by atoms with E-state index in [1.54, 1.807) is 0 Å². The Kier molecular flexibility index (Phi) is 7.91. The Morgan fingerprint density at radius 1 is 0.947 bits per heavy atom. The summed E-state index contributed by atoms with van der Waals surface area (Å²) in [5.74, 6) is -0.169. The Bertz CT molecular complexity index is 390. The predicted octanol–water partition coefficient (Wildman–Crippen LogP) is 3.84. The minimum atomic E-state index is -0.290. The molecule has 104 valence electrons. The molecule has 0 saturated carbocycles. The Morgan fingerprint density at radius 3 is 2.21 bits per heavy atom. The lowest BCUT2D eigenvalue weighted by atomic mass is 10.1. The molecule has 0 aliphatic rings. The zero-order valence-corrected chi connectivity index (χ0v) is 11.7. The van der Waals surface area contributed by atoms with E-state index < -0.39 is 0 Å². The molecule has 0 atom stereocenters. The van der Waals surface area contributed by atoms with Crippen molar-refractivity contribution in [3.63, 3.8) is 0 Å². The van der Waals surface area contributed by atoms with E-state index in [0.717, 1.165) is 31.2 Å². The van der Waals surface area contributed by atoms with Gasteiger partial charge in [0.25, 0.3) is 0 Å². The summed E-state index contributed by atoms with van der Waals surface area (Å²) in [4.78, 5) is 22.0. The number of carbonyl (C=O) groups excluding carboxylic acids is 2. The van der Waals surface area contributed by atoms with E-state index in [9.17, 15) is 9.59 Å². The third-order valence-electron chi connectivity index (χ3n) is 2.75. The number of carbonyl (C=O) groups is 2. The van der Waals surface area contributed by atoms with Crippen LogP contribution in [0, 0.1) is 0 Å². The van der Waals surface area contributed by atoms with Gasteiger partial charge in [0, 0.05) is 12.8 Å². The second kappa shape index (κ2) is 9.56. The molecule has 4 heteroatoms. The highest BCUT2D eigenvalue weighted by Gasteiger charge is 2.03. The van der Waals surface area contributed by atoms with Crippen LogP contribution in [-0.4, -0.2) is 11.2 Å². The lowest BCUT2D eigenvalue weighted by Gasteiger charge is -2.04. The third kappa shape index (κ3) is 8.38. The second-order valence-corrected chi connectivity index (χ2v) is 4.84. The van der Waals surface area contributed by atoms with Crippen molar-refractivity contribution in [2.45, 2.75) is 45.1 Å². The monoisotopic (exact) mass is 282 g/mol. The number of unbranched alkanes of at least 4 members (excludes halogenated alkanes) is 3. The molecule has 1 aromatic carbocycles. The van der Waals surface area contributed by atoms with Gasteiger partial charge in [0.2, 0.25) is 5.24 Å². The molecule has 0 aliphatic heterocycles. The van der Waals surface area contributed by atoms with Gasteiger partial charge in [-0.05, 0) is 30.0 Å². The van der Waals surface area contributed by atoms with Crippen molar-refractivity contribution in [1.82, 2.24) is 0 Å². The second-order valence-electron chi connectivity index (χ2n) is 4.42. The average molecular weight is 283 g/mol. The molecule has 1 aromatic rings. The molecule has 0 saturated heterocycles. The van der Waals surface area contributed by atoms with Gasteiger partial charge in [0.1, 0.15) is 6.61 Å². The summed E-state index contributed by atoms with van der Waals surface area (Å²) in [5.41, 5.74) is 0.997. The van der Waals surface area contributed by atoms with Crippen molar-refractivity contribution >= 4 is 22.8 Å². The minimum absolute atomic E-state index is 0.169. The van der Waals surface area contributed by atoms with Crippen molar-refractivity contribution < 1.29 is 14.3 Å². The van der Waals surface area contributed by atoms with Gasteiger partial charge in [-0.1, -0.05) is 43.2 Å². The van der Waals surface area contributed by atoms with E-state index in [-0.39, 0.29) is 11.2 Å². The number of hydrogen-bond donors (Lipinski definition) is 0. The van der Waals surface area contributed by atoms with Gasteiger partial charge in [0.15, 0.2) is 0 Å². The van der Waals surface area contributed by atoms with Crippen LogP contribution in [0.15, 0.2) is 30.3 Å². The fraction of sp³-hybridized carbons (Fsp3) is 0.467. The molecule has 0 heterocycles. The summed E-state index contributed by atoms with van der Waals surface area (Å²) in [6.45, 7) is 0.334. The molecule has 0 aromatic heterocycles. The van der Waals surface area contributed by atoms with Crippen LogP contribution in [-0.2, 0) is 20.9 Å². The fourth-order valence-corrected chi connectivity index (χ4v) is 1.83. The summed E-state index contributed by atoms with van der Waals surface area (Å²) in [6.07, 6.45) is 4.28. The van der Waals surface area contributed by atoms with E-state index in [1.165, 1.54) is 0 Å². The molecule has 0 N–H and O–H groups in total. The lowest BCUT2D eigenvalue weighted by Crippen LogP contribution is -2.04. The van der Waals surface area contributed by atoms with E-state index in [0.29, 0.717) is 19.4 Å². The first-order valence-corrected chi connectivity index (χ1v) is 6.94. The van der Waals surface area contributed by atoms with Crippen molar-refractivity contribution in [2.24, 2.45) is 0 Å². The van der Waals surface area contributed by atoms with E-state index in [4.69, 9.17) is 16.3 Å². The van der Waals surface area contributed by atoms with Crippen LogP contribution < -0.4 is 0 Å². The standard InChI is InChI=1S/C15H19ClO3/c16-14(17)10-6-1-2-7-11-15(18)19-12-13-8-4-3-5-9-13/h3-5,8-9H,1-2,6-7,10-12H2. The van der Waals surface area contributed by atoms with Gasteiger partial charge in [-0.3, -0.25) is 9.59 Å². The molecular formula is C15H19ClO3. The van der Waals surface area contributed by atoms with Crippen LogP contribution in [0.2, 0.25) is 0 Å². The van der Waals surface area contributed by atoms with Crippen molar-refractivity contribution in [3.8, 4) is 0 Å². The normalized spacial score (nSPS) is 10.2. The summed E-state index contributed by atoms with van der Waals surface area (Å²) in [7, 11) is 0. The third-order valence-corrected chi connectivity index (χ3v) is 2.94. The number of halogens is 1. The number of esters is 1. The van der Waals surface area contributed by atoms with Gasteiger partial charge < -0.3 is 4.74 Å². The Labute approximate surface area is 118 Å². The van der Waals surface area contributed by atoms with Crippen molar-refractivity contribution in [2.75, 3.05) is 0 Å². The highest BCUT2D eigenvalue weighted by molar-refractivity contribution is 6.63. The maximum Gasteiger partial charge on any atom is 0.306 e. The van der Waals surface area contributed by atoms with Gasteiger partial charge >= 0.3 is 5.97 Å². The van der Waals surface area contributed by atoms with Crippen LogP contribution in [0.25, 0.3) is 0 Å². The van der Waals surface area contributed by atoms with Crippen LogP contribution >= 0.6 is 11.6 Å². The molecule has 1 rings (SSSR count). The number of benzene rings is 1. The van der Waals surface area contributed by atoms with Gasteiger partial charge in [-0.25, -0.2) is 0 Å². The zero-order valence-electron chi connectivity index (χ0n) is 10.9. The molecule has 0 unspecified atom stereocenters. The van der Waals surface area contributed by atoms with Crippen LogP contribution in [0.5, 0.6) is 0 Å². The van der Waals surface area contributed by atoms with Crippen molar-refractivity contribution in [1.29, 1.82) is 0 Å². The summed E-state index contributed by atoms with van der Waals surface area (Å²) < 4.78 is 5.16. The highest BCUT2D eigenvalue weighted by atomic mass is 35.5. The Hall–Kier alpha value is -1.35. The number of rotatable bonds is 9. The average Bonchev–Trinajstić information content (AvgIpc) is 2.41. The number of ether oxygens (including phenoxy) is 1. The lowest BCUT2D eigenvalue weighted by molar-refractivity contribution is -0.145. The SMILES string of the molecule is O=C(Cl)CCCCCCC(=O)OCc1ccccc1. The summed E-state index contributed by atoms with van der Waals surface area (Å²) >= 11 is 5.23. The maximum atomic E-state index is 11.5. The molecule has 19 heavy (non-hydrogen) atoms. The largest absolute Gasteiger partial charge is 0.461 e. The molecule has 0 amide bonds. The maximum absolute atomic E-state index is 11.5. The first-order valence-electron chi connectivity index (χ1n) is 6.56. The van der Waals surface area contributed by atoms with Crippen LogP contribution in [0.1, 0.15) is 44.1 Å².